The van der Waals surface area contributed by atoms with Gasteiger partial charge in [0.05, 0.1) is 4.92 Å². The minimum atomic E-state index is -4.63. The molecule has 1 N–H and O–H groups in total. The van der Waals surface area contributed by atoms with Gasteiger partial charge in [-0.25, -0.2) is 4.98 Å². The van der Waals surface area contributed by atoms with E-state index in [2.05, 4.69) is 10.3 Å². The van der Waals surface area contributed by atoms with Crippen molar-refractivity contribution in [2.75, 3.05) is 11.9 Å². The van der Waals surface area contributed by atoms with Crippen LogP contribution in [-0.4, -0.2) is 16.5 Å². The summed E-state index contributed by atoms with van der Waals surface area (Å²) in [5.74, 6) is 0. The van der Waals surface area contributed by atoms with Crippen LogP contribution < -0.4 is 5.32 Å². The molecule has 0 saturated heterocycles. The minimum Gasteiger partial charge on any atom is -0.379 e. The summed E-state index contributed by atoms with van der Waals surface area (Å²) in [7, 11) is 0. The lowest BCUT2D eigenvalue weighted by Crippen LogP contribution is -2.22. The lowest BCUT2D eigenvalue weighted by atomic mass is 9.90. The van der Waals surface area contributed by atoms with E-state index in [1.54, 1.807) is 0 Å². The van der Waals surface area contributed by atoms with Crippen molar-refractivity contribution in [3.63, 3.8) is 0 Å². The highest BCUT2D eigenvalue weighted by atomic mass is 19.4. The van der Waals surface area contributed by atoms with Crippen LogP contribution >= 0.6 is 0 Å². The Morgan fingerprint density at radius 2 is 2.00 bits per heavy atom. The molecule has 0 saturated carbocycles. The van der Waals surface area contributed by atoms with Gasteiger partial charge in [-0.15, -0.1) is 0 Å². The van der Waals surface area contributed by atoms with Crippen molar-refractivity contribution >= 4 is 11.4 Å². The number of rotatable bonds is 5. The van der Waals surface area contributed by atoms with E-state index in [9.17, 15) is 23.3 Å². The lowest BCUT2D eigenvalue weighted by Gasteiger charge is -2.23. The van der Waals surface area contributed by atoms with Gasteiger partial charge in [-0.05, 0) is 17.9 Å². The molecule has 5 nitrogen and oxygen atoms in total. The second kappa shape index (κ2) is 5.64. The molecule has 0 amide bonds. The number of nitrogens with zero attached hydrogens (tertiary/aromatic N) is 2. The highest BCUT2D eigenvalue weighted by Gasteiger charge is 2.34. The molecule has 0 fully saturated rings. The number of nitrogens with one attached hydrogen (secondary N) is 1. The van der Waals surface area contributed by atoms with Gasteiger partial charge in [-0.2, -0.15) is 13.2 Å². The van der Waals surface area contributed by atoms with Crippen LogP contribution in [0.3, 0.4) is 0 Å². The van der Waals surface area contributed by atoms with Crippen LogP contribution in [0, 0.1) is 15.5 Å². The summed E-state index contributed by atoms with van der Waals surface area (Å²) < 4.78 is 37.7. The van der Waals surface area contributed by atoms with Gasteiger partial charge in [-0.1, -0.05) is 20.8 Å². The van der Waals surface area contributed by atoms with Crippen molar-refractivity contribution in [2.45, 2.75) is 33.4 Å². The van der Waals surface area contributed by atoms with Gasteiger partial charge in [0.2, 0.25) is 0 Å². The van der Waals surface area contributed by atoms with Crippen LogP contribution in [0.2, 0.25) is 0 Å². The highest BCUT2D eigenvalue weighted by molar-refractivity contribution is 5.61. The third-order valence-electron chi connectivity index (χ3n) is 3.08. The molecule has 0 aliphatic heterocycles. The van der Waals surface area contributed by atoms with Gasteiger partial charge in [0.15, 0.2) is 0 Å². The zero-order chi connectivity index (χ0) is 15.6. The minimum absolute atomic E-state index is 0.168. The first kappa shape index (κ1) is 16.2. The third kappa shape index (κ3) is 4.07. The fourth-order valence-corrected chi connectivity index (χ4v) is 1.35. The van der Waals surface area contributed by atoms with Crippen LogP contribution in [0.15, 0.2) is 12.3 Å². The standard InChI is InChI=1S/C12H16F3N3O2/c1-4-11(2,3)7-17-8-5-10(12(13,14)15)16-6-9(8)18(19)20/h5-6H,4,7H2,1-3H3,(H,16,17). The summed E-state index contributed by atoms with van der Waals surface area (Å²) in [6, 6.07) is 0.671. The molecule has 0 spiro atoms. The first-order valence-corrected chi connectivity index (χ1v) is 6.02. The second-order valence-electron chi connectivity index (χ2n) is 5.21. The lowest BCUT2D eigenvalue weighted by molar-refractivity contribution is -0.384. The van der Waals surface area contributed by atoms with E-state index in [4.69, 9.17) is 0 Å². The second-order valence-corrected chi connectivity index (χ2v) is 5.21. The number of aromatic nitrogens is 1. The van der Waals surface area contributed by atoms with E-state index in [1.807, 2.05) is 20.8 Å². The van der Waals surface area contributed by atoms with Crippen LogP contribution in [0.4, 0.5) is 24.5 Å². The van der Waals surface area contributed by atoms with Crippen LogP contribution in [0.1, 0.15) is 32.9 Å². The zero-order valence-corrected chi connectivity index (χ0v) is 11.4. The Morgan fingerprint density at radius 3 is 2.45 bits per heavy atom. The fourth-order valence-electron chi connectivity index (χ4n) is 1.35. The number of pyridine rings is 1. The van der Waals surface area contributed by atoms with Crippen molar-refractivity contribution in [3.8, 4) is 0 Å². The van der Waals surface area contributed by atoms with Crippen LogP contribution in [0.25, 0.3) is 0 Å². The van der Waals surface area contributed by atoms with Crippen molar-refractivity contribution in [1.82, 2.24) is 4.98 Å². The van der Waals surface area contributed by atoms with E-state index in [0.717, 1.165) is 6.42 Å². The molecular formula is C12H16F3N3O2. The molecule has 1 rings (SSSR count). The van der Waals surface area contributed by atoms with Gasteiger partial charge < -0.3 is 5.32 Å². The molecule has 0 atom stereocenters. The summed E-state index contributed by atoms with van der Waals surface area (Å²) in [5.41, 5.74) is -1.97. The molecule has 0 aromatic carbocycles. The first-order valence-electron chi connectivity index (χ1n) is 6.02. The SMILES string of the molecule is CCC(C)(C)CNc1cc(C(F)(F)F)ncc1[N+](=O)[O-]. The van der Waals surface area contributed by atoms with Gasteiger partial charge in [-0.3, -0.25) is 10.1 Å². The van der Waals surface area contributed by atoms with E-state index < -0.39 is 22.5 Å². The number of nitro groups is 1. The Morgan fingerprint density at radius 1 is 1.40 bits per heavy atom. The summed E-state index contributed by atoms with van der Waals surface area (Å²) in [5, 5.41) is 13.5. The quantitative estimate of drug-likeness (QED) is 0.660. The molecule has 1 aromatic rings. The Labute approximate surface area is 114 Å². The molecule has 112 valence electrons. The summed E-state index contributed by atoms with van der Waals surface area (Å²) >= 11 is 0. The maximum Gasteiger partial charge on any atom is 0.433 e. The molecular weight excluding hydrogens is 275 g/mol. The average Bonchev–Trinajstić information content (AvgIpc) is 2.35. The molecule has 0 bridgehead atoms. The monoisotopic (exact) mass is 291 g/mol. The predicted molar refractivity (Wildman–Crippen MR) is 68.5 cm³/mol. The van der Waals surface area contributed by atoms with Crippen LogP contribution in [0.5, 0.6) is 0 Å². The Bertz CT molecular complexity index is 501. The van der Waals surface area contributed by atoms with Crippen LogP contribution in [-0.2, 0) is 6.18 Å². The van der Waals surface area contributed by atoms with Gasteiger partial charge >= 0.3 is 11.9 Å². The summed E-state index contributed by atoms with van der Waals surface area (Å²) in [4.78, 5) is 13.2. The van der Waals surface area contributed by atoms with Gasteiger partial charge in [0.1, 0.15) is 17.6 Å². The molecule has 0 unspecified atom stereocenters. The van der Waals surface area contributed by atoms with E-state index >= 15 is 0 Å². The molecule has 0 radical (unpaired) electrons. The van der Waals surface area contributed by atoms with E-state index in [0.29, 0.717) is 18.8 Å². The van der Waals surface area contributed by atoms with Crippen molar-refractivity contribution in [2.24, 2.45) is 5.41 Å². The molecule has 0 aliphatic rings. The molecule has 1 heterocycles. The number of halogens is 3. The average molecular weight is 291 g/mol. The Hall–Kier alpha value is -1.86. The number of hydrogen-bond acceptors (Lipinski definition) is 4. The molecule has 0 aliphatic carbocycles. The van der Waals surface area contributed by atoms with Gasteiger partial charge in [0, 0.05) is 6.54 Å². The maximum atomic E-state index is 12.6. The normalized spacial score (nSPS) is 12.3. The summed E-state index contributed by atoms with van der Waals surface area (Å²) in [6.07, 6.45) is -3.22. The topological polar surface area (TPSA) is 68.1 Å². The molecule has 1 aromatic heterocycles. The zero-order valence-electron chi connectivity index (χ0n) is 11.4. The highest BCUT2D eigenvalue weighted by Crippen LogP contribution is 2.33. The first-order chi connectivity index (χ1) is 9.07. The smallest absolute Gasteiger partial charge is 0.379 e. The van der Waals surface area contributed by atoms with Crippen molar-refractivity contribution in [3.05, 3.63) is 28.1 Å². The number of anilines is 1. The van der Waals surface area contributed by atoms with Crippen molar-refractivity contribution < 1.29 is 18.1 Å². The third-order valence-corrected chi connectivity index (χ3v) is 3.08. The Balaban J connectivity index is 3.10. The summed E-state index contributed by atoms with van der Waals surface area (Å²) in [6.45, 7) is 6.09. The van der Waals surface area contributed by atoms with Crippen molar-refractivity contribution in [1.29, 1.82) is 0 Å². The predicted octanol–water partition coefficient (Wildman–Crippen LogP) is 3.86. The largest absolute Gasteiger partial charge is 0.433 e. The van der Waals surface area contributed by atoms with E-state index in [1.165, 1.54) is 0 Å². The van der Waals surface area contributed by atoms with Gasteiger partial charge in [0.25, 0.3) is 0 Å². The molecule has 20 heavy (non-hydrogen) atoms. The van der Waals surface area contributed by atoms with E-state index in [-0.39, 0.29) is 11.1 Å². The Kier molecular flexibility index (Phi) is 4.57. The maximum absolute atomic E-state index is 12.6. The number of alkyl halides is 3. The molecule has 8 heteroatoms. The number of hydrogen-bond donors (Lipinski definition) is 1. The fraction of sp³-hybridized carbons (Fsp3) is 0.583.